The monoisotopic (exact) mass is 397 g/mol. The number of halogens is 1. The highest BCUT2D eigenvalue weighted by Gasteiger charge is 2.46. The Bertz CT molecular complexity index is 639. The maximum absolute atomic E-state index is 13.1. The molecule has 0 radical (unpaired) electrons. The van der Waals surface area contributed by atoms with Crippen LogP contribution in [0, 0.1) is 5.82 Å². The number of carbonyl (C=O) groups is 1. The second-order valence-corrected chi connectivity index (χ2v) is 7.11. The summed E-state index contributed by atoms with van der Waals surface area (Å²) in [7, 11) is 1.45. The molecule has 0 saturated carbocycles. The van der Waals surface area contributed by atoms with Crippen LogP contribution in [-0.4, -0.2) is 98.4 Å². The number of aliphatic hydroxyl groups is 2. The van der Waals surface area contributed by atoms with Gasteiger partial charge in [0.25, 0.3) is 0 Å². The second-order valence-electron chi connectivity index (χ2n) is 7.11. The molecule has 0 aliphatic carbocycles. The number of nitrogens with zero attached hydrogens (tertiary/aromatic N) is 2. The Morgan fingerprint density at radius 3 is 2.54 bits per heavy atom. The molecule has 2 aliphatic rings. The predicted octanol–water partition coefficient (Wildman–Crippen LogP) is -0.800. The van der Waals surface area contributed by atoms with Crippen LogP contribution in [0.2, 0.25) is 0 Å². The van der Waals surface area contributed by atoms with Gasteiger partial charge in [-0.1, -0.05) is 0 Å². The number of anilines is 1. The van der Waals surface area contributed by atoms with E-state index < -0.39 is 18.3 Å². The molecule has 2 saturated heterocycles. The van der Waals surface area contributed by atoms with Gasteiger partial charge in [0.2, 0.25) is 5.91 Å². The summed E-state index contributed by atoms with van der Waals surface area (Å²) in [4.78, 5) is 16.0. The van der Waals surface area contributed by atoms with E-state index in [0.29, 0.717) is 13.1 Å². The lowest BCUT2D eigenvalue weighted by molar-refractivity contribution is -0.125. The van der Waals surface area contributed by atoms with Crippen molar-refractivity contribution in [1.29, 1.82) is 0 Å². The summed E-state index contributed by atoms with van der Waals surface area (Å²) in [5.41, 5.74) is 0.959. The molecule has 28 heavy (non-hydrogen) atoms. The van der Waals surface area contributed by atoms with E-state index in [-0.39, 0.29) is 37.5 Å². The van der Waals surface area contributed by atoms with Crippen molar-refractivity contribution in [2.75, 3.05) is 57.9 Å². The lowest BCUT2D eigenvalue weighted by Crippen LogP contribution is -2.57. The molecule has 8 nitrogen and oxygen atoms in total. The number of benzene rings is 1. The molecule has 2 heterocycles. The maximum Gasteiger partial charge on any atom is 0.246 e. The van der Waals surface area contributed by atoms with Gasteiger partial charge >= 0.3 is 0 Å². The van der Waals surface area contributed by atoms with E-state index >= 15 is 0 Å². The minimum atomic E-state index is -0.841. The third-order valence-electron chi connectivity index (χ3n) is 5.34. The molecule has 9 heteroatoms. The maximum atomic E-state index is 13.1. The minimum Gasteiger partial charge on any atom is -0.394 e. The average Bonchev–Trinajstić information content (AvgIpc) is 3.03. The zero-order chi connectivity index (χ0) is 20.1. The predicted molar refractivity (Wildman–Crippen MR) is 101 cm³/mol. The van der Waals surface area contributed by atoms with Crippen LogP contribution in [0.5, 0.6) is 0 Å². The molecule has 3 N–H and O–H groups in total. The van der Waals surface area contributed by atoms with Gasteiger partial charge in [-0.25, -0.2) is 4.39 Å². The largest absolute Gasteiger partial charge is 0.394 e. The lowest BCUT2D eigenvalue weighted by Gasteiger charge is -2.41. The van der Waals surface area contributed by atoms with Gasteiger partial charge in [-0.15, -0.1) is 0 Å². The summed E-state index contributed by atoms with van der Waals surface area (Å²) in [5, 5.41) is 22.9. The SMILES string of the molecule is COCC(=O)NC[C@@H]1O[C@@H](CO)[C@@H](O)[C@H]1N1CCN(c2ccc(F)cc2)CC1. The minimum absolute atomic E-state index is 0.0420. The van der Waals surface area contributed by atoms with Crippen molar-refractivity contribution in [3.63, 3.8) is 0 Å². The first-order valence-corrected chi connectivity index (χ1v) is 9.48. The lowest BCUT2D eigenvalue weighted by atomic mass is 10.0. The zero-order valence-electron chi connectivity index (χ0n) is 16.0. The molecule has 1 aromatic carbocycles. The fourth-order valence-corrected chi connectivity index (χ4v) is 3.92. The first-order chi connectivity index (χ1) is 13.5. The first-order valence-electron chi connectivity index (χ1n) is 9.48. The van der Waals surface area contributed by atoms with Gasteiger partial charge in [0.15, 0.2) is 0 Å². The van der Waals surface area contributed by atoms with Crippen LogP contribution in [0.15, 0.2) is 24.3 Å². The number of ether oxygens (including phenoxy) is 2. The molecule has 0 unspecified atom stereocenters. The van der Waals surface area contributed by atoms with Crippen molar-refractivity contribution in [1.82, 2.24) is 10.2 Å². The van der Waals surface area contributed by atoms with E-state index in [1.807, 2.05) is 0 Å². The molecule has 4 atom stereocenters. The van der Waals surface area contributed by atoms with Crippen LogP contribution < -0.4 is 10.2 Å². The van der Waals surface area contributed by atoms with E-state index in [1.54, 1.807) is 12.1 Å². The third-order valence-corrected chi connectivity index (χ3v) is 5.34. The standard InChI is InChI=1S/C19H28FN3O5/c1-27-12-17(25)21-10-15-18(19(26)16(11-24)28-15)23-8-6-22(7-9-23)14-4-2-13(20)3-5-14/h2-5,15-16,18-19,24,26H,6-12H2,1H3,(H,21,25)/t15-,16-,18-,19+/m0/s1. The molecule has 0 aromatic heterocycles. The van der Waals surface area contributed by atoms with Crippen molar-refractivity contribution in [3.05, 3.63) is 30.1 Å². The number of aliphatic hydroxyl groups excluding tert-OH is 2. The number of hydrogen-bond donors (Lipinski definition) is 3. The van der Waals surface area contributed by atoms with Crippen LogP contribution in [0.1, 0.15) is 0 Å². The Kier molecular flexibility index (Phi) is 7.19. The Labute approximate surface area is 163 Å². The van der Waals surface area contributed by atoms with Crippen molar-refractivity contribution >= 4 is 11.6 Å². The number of nitrogens with one attached hydrogen (secondary N) is 1. The summed E-state index contributed by atoms with van der Waals surface area (Å²) in [6, 6.07) is 6.08. The molecule has 156 valence electrons. The van der Waals surface area contributed by atoms with Gasteiger partial charge in [0.1, 0.15) is 24.6 Å². The van der Waals surface area contributed by atoms with Gasteiger partial charge in [0.05, 0.1) is 18.8 Å². The molecule has 0 spiro atoms. The smallest absolute Gasteiger partial charge is 0.246 e. The van der Waals surface area contributed by atoms with Crippen molar-refractivity contribution < 1.29 is 28.9 Å². The molecule has 3 rings (SSSR count). The van der Waals surface area contributed by atoms with Gasteiger partial charge in [-0.2, -0.15) is 0 Å². The Hall–Kier alpha value is -1.78. The van der Waals surface area contributed by atoms with Crippen LogP contribution >= 0.6 is 0 Å². The molecular weight excluding hydrogens is 369 g/mol. The van der Waals surface area contributed by atoms with Crippen LogP contribution in [0.3, 0.4) is 0 Å². The quantitative estimate of drug-likeness (QED) is 0.555. The van der Waals surface area contributed by atoms with E-state index in [2.05, 4.69) is 15.1 Å². The van der Waals surface area contributed by atoms with Gasteiger partial charge in [0, 0.05) is 45.5 Å². The first kappa shape index (κ1) is 20.9. The molecule has 2 fully saturated rings. The van der Waals surface area contributed by atoms with E-state index in [9.17, 15) is 19.4 Å². The number of methoxy groups -OCH3 is 1. The average molecular weight is 397 g/mol. The van der Waals surface area contributed by atoms with E-state index in [4.69, 9.17) is 9.47 Å². The van der Waals surface area contributed by atoms with E-state index in [1.165, 1.54) is 19.2 Å². The van der Waals surface area contributed by atoms with Gasteiger partial charge < -0.3 is 29.9 Å². The Morgan fingerprint density at radius 2 is 1.93 bits per heavy atom. The second kappa shape index (κ2) is 9.62. The number of rotatable bonds is 7. The Morgan fingerprint density at radius 1 is 1.25 bits per heavy atom. The molecular formula is C19H28FN3O5. The number of hydrogen-bond acceptors (Lipinski definition) is 7. The topological polar surface area (TPSA) is 94.5 Å². The normalized spacial score (nSPS) is 28.5. The fraction of sp³-hybridized carbons (Fsp3) is 0.632. The summed E-state index contributed by atoms with van der Waals surface area (Å²) < 4.78 is 23.7. The van der Waals surface area contributed by atoms with Gasteiger partial charge in [-0.05, 0) is 24.3 Å². The summed E-state index contributed by atoms with van der Waals surface area (Å²) in [6.45, 7) is 2.73. The number of piperazine rings is 1. The van der Waals surface area contributed by atoms with Crippen LogP contribution in [0.4, 0.5) is 10.1 Å². The molecule has 0 bridgehead atoms. The van der Waals surface area contributed by atoms with E-state index in [0.717, 1.165) is 18.8 Å². The highest BCUT2D eigenvalue weighted by Crippen LogP contribution is 2.27. The van der Waals surface area contributed by atoms with Crippen molar-refractivity contribution in [3.8, 4) is 0 Å². The molecule has 2 aliphatic heterocycles. The summed E-state index contributed by atoms with van der Waals surface area (Å²) >= 11 is 0. The van der Waals surface area contributed by atoms with Crippen LogP contribution in [-0.2, 0) is 14.3 Å². The number of amides is 1. The highest BCUT2D eigenvalue weighted by atomic mass is 19.1. The number of carbonyl (C=O) groups excluding carboxylic acids is 1. The van der Waals surface area contributed by atoms with Gasteiger partial charge in [-0.3, -0.25) is 9.69 Å². The van der Waals surface area contributed by atoms with Crippen molar-refractivity contribution in [2.45, 2.75) is 24.4 Å². The van der Waals surface area contributed by atoms with Crippen LogP contribution in [0.25, 0.3) is 0 Å². The summed E-state index contributed by atoms with van der Waals surface area (Å²) in [6.07, 6.45) is -1.94. The molecule has 1 aromatic rings. The zero-order valence-corrected chi connectivity index (χ0v) is 16.0. The fourth-order valence-electron chi connectivity index (χ4n) is 3.92. The molecule has 1 amide bonds. The third kappa shape index (κ3) is 4.79. The highest BCUT2D eigenvalue weighted by molar-refractivity contribution is 5.77. The van der Waals surface area contributed by atoms with Crippen molar-refractivity contribution in [2.24, 2.45) is 0 Å². The summed E-state index contributed by atoms with van der Waals surface area (Å²) in [5.74, 6) is -0.519. The Balaban J connectivity index is 1.61.